The van der Waals surface area contributed by atoms with E-state index in [0.717, 1.165) is 0 Å². The lowest BCUT2D eigenvalue weighted by molar-refractivity contribution is -0.123. The first-order chi connectivity index (χ1) is 11.9. The van der Waals surface area contributed by atoms with Crippen molar-refractivity contribution in [1.29, 1.82) is 0 Å². The third-order valence-electron chi connectivity index (χ3n) is 3.37. The number of benzene rings is 2. The zero-order chi connectivity index (χ0) is 18.4. The van der Waals surface area contributed by atoms with Crippen molar-refractivity contribution in [1.82, 2.24) is 0 Å². The molecule has 1 N–H and O–H groups in total. The Kier molecular flexibility index (Phi) is 5.94. The highest BCUT2D eigenvalue weighted by Gasteiger charge is 2.21. The van der Waals surface area contributed by atoms with Gasteiger partial charge in [0.2, 0.25) is 0 Å². The van der Waals surface area contributed by atoms with E-state index in [-0.39, 0.29) is 11.3 Å². The van der Waals surface area contributed by atoms with Crippen LogP contribution in [0.5, 0.6) is 11.5 Å². The minimum Gasteiger partial charge on any atom is -0.497 e. The summed E-state index contributed by atoms with van der Waals surface area (Å²) in [5.41, 5.74) is 0.181. The van der Waals surface area contributed by atoms with Crippen molar-refractivity contribution >= 4 is 17.6 Å². The Labute approximate surface area is 144 Å². The van der Waals surface area contributed by atoms with E-state index in [0.29, 0.717) is 11.5 Å². The van der Waals surface area contributed by atoms with E-state index >= 15 is 0 Å². The molecule has 0 unspecified atom stereocenters. The fourth-order valence-corrected chi connectivity index (χ4v) is 2.00. The molecule has 7 heteroatoms. The molecule has 2 aromatic rings. The third-order valence-corrected chi connectivity index (χ3v) is 3.37. The summed E-state index contributed by atoms with van der Waals surface area (Å²) in [6, 6.07) is 10.2. The number of anilines is 1. The molecule has 25 heavy (non-hydrogen) atoms. The van der Waals surface area contributed by atoms with Gasteiger partial charge in [0.1, 0.15) is 17.3 Å². The average Bonchev–Trinajstić information content (AvgIpc) is 2.62. The van der Waals surface area contributed by atoms with Crippen molar-refractivity contribution in [2.45, 2.75) is 13.0 Å². The molecule has 0 radical (unpaired) electrons. The topological polar surface area (TPSA) is 73.9 Å². The van der Waals surface area contributed by atoms with Gasteiger partial charge < -0.3 is 19.5 Å². The van der Waals surface area contributed by atoms with Crippen molar-refractivity contribution < 1.29 is 28.2 Å². The summed E-state index contributed by atoms with van der Waals surface area (Å²) in [5.74, 6) is -1.13. The Bertz CT molecular complexity index is 756. The predicted octanol–water partition coefficient (Wildman–Crippen LogP) is 3.03. The SMILES string of the molecule is COc1cc(OC)cc(C(=O)O[C@@H](C)C(=O)Nc2ccccc2F)c1. The van der Waals surface area contributed by atoms with Crippen molar-refractivity contribution in [3.05, 3.63) is 53.8 Å². The molecule has 2 aromatic carbocycles. The molecule has 132 valence electrons. The Morgan fingerprint density at radius 2 is 1.64 bits per heavy atom. The second kappa shape index (κ2) is 8.14. The maximum atomic E-state index is 13.6. The highest BCUT2D eigenvalue weighted by atomic mass is 19.1. The van der Waals surface area contributed by atoms with E-state index in [2.05, 4.69) is 5.32 Å². The number of ether oxygens (including phenoxy) is 3. The van der Waals surface area contributed by atoms with Gasteiger partial charge in [0, 0.05) is 6.07 Å². The zero-order valence-electron chi connectivity index (χ0n) is 14.0. The number of carbonyl (C=O) groups excluding carboxylic acids is 2. The third kappa shape index (κ3) is 4.69. The Morgan fingerprint density at radius 3 is 2.20 bits per heavy atom. The minimum atomic E-state index is -1.12. The van der Waals surface area contributed by atoms with Gasteiger partial charge in [0.25, 0.3) is 5.91 Å². The van der Waals surface area contributed by atoms with Gasteiger partial charge in [-0.25, -0.2) is 9.18 Å². The summed E-state index contributed by atoms with van der Waals surface area (Å²) < 4.78 is 28.8. The van der Waals surface area contributed by atoms with Gasteiger partial charge in [0.05, 0.1) is 25.5 Å². The highest BCUT2D eigenvalue weighted by molar-refractivity contribution is 5.97. The molecule has 0 heterocycles. The first kappa shape index (κ1) is 18.3. The van der Waals surface area contributed by atoms with Crippen molar-refractivity contribution in [2.75, 3.05) is 19.5 Å². The molecule has 0 aliphatic rings. The van der Waals surface area contributed by atoms with Crippen LogP contribution in [0.15, 0.2) is 42.5 Å². The van der Waals surface area contributed by atoms with E-state index in [4.69, 9.17) is 14.2 Å². The Morgan fingerprint density at radius 1 is 1.04 bits per heavy atom. The quantitative estimate of drug-likeness (QED) is 0.813. The number of hydrogen-bond acceptors (Lipinski definition) is 5. The standard InChI is InChI=1S/C18H18FNO5/c1-11(17(21)20-16-7-5-4-6-15(16)19)25-18(22)12-8-13(23-2)10-14(9-12)24-3/h4-11H,1-3H3,(H,20,21)/t11-/m0/s1. The van der Waals surface area contributed by atoms with Gasteiger partial charge in [-0.2, -0.15) is 0 Å². The molecule has 0 saturated carbocycles. The molecule has 0 aromatic heterocycles. The van der Waals surface area contributed by atoms with Crippen LogP contribution in [0.3, 0.4) is 0 Å². The molecule has 6 nitrogen and oxygen atoms in total. The second-order valence-electron chi connectivity index (χ2n) is 5.12. The molecule has 0 fully saturated rings. The largest absolute Gasteiger partial charge is 0.497 e. The molecule has 0 spiro atoms. The molecule has 1 amide bonds. The number of rotatable bonds is 6. The van der Waals surface area contributed by atoms with E-state index in [1.165, 1.54) is 51.5 Å². The number of hydrogen-bond donors (Lipinski definition) is 1. The minimum absolute atomic E-state index is 0.0125. The van der Waals surface area contributed by atoms with Gasteiger partial charge >= 0.3 is 5.97 Å². The van der Waals surface area contributed by atoms with Gasteiger partial charge in [-0.15, -0.1) is 0 Å². The molecule has 0 aliphatic heterocycles. The van der Waals surface area contributed by atoms with Crippen LogP contribution >= 0.6 is 0 Å². The normalized spacial score (nSPS) is 11.4. The van der Waals surface area contributed by atoms with Gasteiger partial charge in [-0.05, 0) is 31.2 Å². The van der Waals surface area contributed by atoms with Crippen LogP contribution in [0.2, 0.25) is 0 Å². The van der Waals surface area contributed by atoms with Crippen LogP contribution in [0, 0.1) is 5.82 Å². The van der Waals surface area contributed by atoms with E-state index in [9.17, 15) is 14.0 Å². The highest BCUT2D eigenvalue weighted by Crippen LogP contribution is 2.23. The molecule has 0 saturated heterocycles. The summed E-state index contributed by atoms with van der Waals surface area (Å²) in [7, 11) is 2.91. The first-order valence-electron chi connectivity index (χ1n) is 7.44. The van der Waals surface area contributed by atoms with Gasteiger partial charge in [-0.3, -0.25) is 4.79 Å². The van der Waals surface area contributed by atoms with Crippen LogP contribution in [-0.4, -0.2) is 32.2 Å². The molecule has 2 rings (SSSR count). The number of halogens is 1. The number of esters is 1. The number of nitrogens with one attached hydrogen (secondary N) is 1. The van der Waals surface area contributed by atoms with E-state index in [1.807, 2.05) is 0 Å². The maximum Gasteiger partial charge on any atom is 0.339 e. The zero-order valence-corrected chi connectivity index (χ0v) is 14.0. The molecule has 1 atom stereocenters. The van der Waals surface area contributed by atoms with Crippen LogP contribution in [-0.2, 0) is 9.53 Å². The first-order valence-corrected chi connectivity index (χ1v) is 7.44. The lowest BCUT2D eigenvalue weighted by Gasteiger charge is -2.14. The average molecular weight is 347 g/mol. The second-order valence-corrected chi connectivity index (χ2v) is 5.12. The van der Waals surface area contributed by atoms with Crippen LogP contribution < -0.4 is 14.8 Å². The fraction of sp³-hybridized carbons (Fsp3) is 0.222. The van der Waals surface area contributed by atoms with Crippen LogP contribution in [0.4, 0.5) is 10.1 Å². The van der Waals surface area contributed by atoms with Crippen molar-refractivity contribution in [2.24, 2.45) is 0 Å². The summed E-state index contributed by atoms with van der Waals surface area (Å²) in [4.78, 5) is 24.3. The van der Waals surface area contributed by atoms with Gasteiger partial charge in [-0.1, -0.05) is 12.1 Å². The summed E-state index contributed by atoms with van der Waals surface area (Å²) >= 11 is 0. The lowest BCUT2D eigenvalue weighted by atomic mass is 10.2. The van der Waals surface area contributed by atoms with Gasteiger partial charge in [0.15, 0.2) is 6.10 Å². The monoisotopic (exact) mass is 347 g/mol. The molecule has 0 aliphatic carbocycles. The molecular formula is C18H18FNO5. The smallest absolute Gasteiger partial charge is 0.339 e. The van der Waals surface area contributed by atoms with Crippen molar-refractivity contribution in [3.8, 4) is 11.5 Å². The number of methoxy groups -OCH3 is 2. The number of carbonyl (C=O) groups is 2. The lowest BCUT2D eigenvalue weighted by Crippen LogP contribution is -2.30. The summed E-state index contributed by atoms with van der Waals surface area (Å²) in [6.45, 7) is 1.39. The Balaban J connectivity index is 2.07. The Hall–Kier alpha value is -3.09. The van der Waals surface area contributed by atoms with Crippen molar-refractivity contribution in [3.63, 3.8) is 0 Å². The predicted molar refractivity (Wildman–Crippen MR) is 89.5 cm³/mol. The number of amides is 1. The molecule has 0 bridgehead atoms. The summed E-state index contributed by atoms with van der Waals surface area (Å²) in [5, 5.41) is 2.37. The molecular weight excluding hydrogens is 329 g/mol. The van der Waals surface area contributed by atoms with Crippen LogP contribution in [0.1, 0.15) is 17.3 Å². The number of para-hydroxylation sites is 1. The fourth-order valence-electron chi connectivity index (χ4n) is 2.00. The van der Waals surface area contributed by atoms with Crippen LogP contribution in [0.25, 0.3) is 0 Å². The summed E-state index contributed by atoms with van der Waals surface area (Å²) in [6.07, 6.45) is -1.12. The maximum absolute atomic E-state index is 13.6. The van der Waals surface area contributed by atoms with E-state index < -0.39 is 23.8 Å². The van der Waals surface area contributed by atoms with E-state index in [1.54, 1.807) is 12.1 Å².